The van der Waals surface area contributed by atoms with Crippen molar-refractivity contribution in [2.75, 3.05) is 20.6 Å². The Balaban J connectivity index is 2.78. The van der Waals surface area contributed by atoms with Crippen LogP contribution in [-0.2, 0) is 4.79 Å². The van der Waals surface area contributed by atoms with E-state index in [9.17, 15) is 4.79 Å². The lowest BCUT2D eigenvalue weighted by molar-refractivity contribution is -0.140. The van der Waals surface area contributed by atoms with Gasteiger partial charge in [-0.1, -0.05) is 12.8 Å². The van der Waals surface area contributed by atoms with Crippen molar-refractivity contribution in [3.63, 3.8) is 0 Å². The van der Waals surface area contributed by atoms with Crippen molar-refractivity contribution < 1.29 is 9.90 Å². The Morgan fingerprint density at radius 1 is 1.24 bits per heavy atom. The van der Waals surface area contributed by atoms with E-state index in [2.05, 4.69) is 37.7 Å². The fourth-order valence-corrected chi connectivity index (χ4v) is 2.92. The molecule has 0 aromatic rings. The number of rotatable bonds is 5. The van der Waals surface area contributed by atoms with Gasteiger partial charge < -0.3 is 10.0 Å². The van der Waals surface area contributed by atoms with E-state index in [1.165, 1.54) is 19.3 Å². The topological polar surface area (TPSA) is 43.8 Å². The molecule has 0 aromatic heterocycles. The summed E-state index contributed by atoms with van der Waals surface area (Å²) in [6, 6.07) is 1.16. The van der Waals surface area contributed by atoms with Gasteiger partial charge in [-0.05, 0) is 40.8 Å². The third kappa shape index (κ3) is 3.96. The van der Waals surface area contributed by atoms with E-state index in [1.54, 1.807) is 0 Å². The lowest BCUT2D eigenvalue weighted by Crippen LogP contribution is -2.54. The van der Waals surface area contributed by atoms with Gasteiger partial charge in [0, 0.05) is 18.1 Å². The second kappa shape index (κ2) is 6.36. The molecule has 0 spiro atoms. The zero-order valence-corrected chi connectivity index (χ0v) is 11.5. The van der Waals surface area contributed by atoms with E-state index < -0.39 is 5.97 Å². The summed E-state index contributed by atoms with van der Waals surface area (Å²) >= 11 is 0. The monoisotopic (exact) mass is 242 g/mol. The molecule has 0 aliphatic heterocycles. The van der Waals surface area contributed by atoms with Gasteiger partial charge in [0.15, 0.2) is 0 Å². The molecule has 1 saturated carbocycles. The van der Waals surface area contributed by atoms with E-state index in [1.807, 2.05) is 0 Å². The van der Waals surface area contributed by atoms with E-state index in [0.717, 1.165) is 6.42 Å². The van der Waals surface area contributed by atoms with E-state index in [4.69, 9.17) is 5.11 Å². The van der Waals surface area contributed by atoms with Crippen LogP contribution >= 0.6 is 0 Å². The highest BCUT2D eigenvalue weighted by atomic mass is 16.4. The van der Waals surface area contributed by atoms with Crippen molar-refractivity contribution in [2.24, 2.45) is 0 Å². The maximum atomic E-state index is 11.0. The molecule has 1 fully saturated rings. The lowest BCUT2D eigenvalue weighted by atomic mass is 9.87. The van der Waals surface area contributed by atoms with Crippen molar-refractivity contribution in [2.45, 2.75) is 57.7 Å². The minimum Gasteiger partial charge on any atom is -0.480 e. The molecule has 0 amide bonds. The van der Waals surface area contributed by atoms with Crippen molar-refractivity contribution in [1.29, 1.82) is 0 Å². The highest BCUT2D eigenvalue weighted by Gasteiger charge is 2.33. The van der Waals surface area contributed by atoms with Crippen LogP contribution < -0.4 is 0 Å². The maximum Gasteiger partial charge on any atom is 0.317 e. The van der Waals surface area contributed by atoms with Crippen molar-refractivity contribution >= 4 is 5.97 Å². The number of hydrogen-bond acceptors (Lipinski definition) is 3. The smallest absolute Gasteiger partial charge is 0.317 e. The lowest BCUT2D eigenvalue weighted by Gasteiger charge is -2.44. The number of aliphatic carboxylic acids is 1. The van der Waals surface area contributed by atoms with Gasteiger partial charge in [0.05, 0.1) is 6.54 Å². The normalized spacial score (nSPS) is 25.8. The minimum absolute atomic E-state index is 0.159. The molecule has 1 rings (SSSR count). The van der Waals surface area contributed by atoms with Crippen LogP contribution in [0.1, 0.15) is 39.5 Å². The fraction of sp³-hybridized carbons (Fsp3) is 0.923. The molecule has 4 nitrogen and oxygen atoms in total. The van der Waals surface area contributed by atoms with Crippen LogP contribution in [0, 0.1) is 0 Å². The van der Waals surface area contributed by atoms with Crippen molar-refractivity contribution in [3.8, 4) is 0 Å². The molecule has 0 heterocycles. The van der Waals surface area contributed by atoms with Gasteiger partial charge in [-0.2, -0.15) is 0 Å². The Morgan fingerprint density at radius 3 is 2.18 bits per heavy atom. The summed E-state index contributed by atoms with van der Waals surface area (Å²) in [5, 5.41) is 9.03. The van der Waals surface area contributed by atoms with Gasteiger partial charge in [-0.15, -0.1) is 0 Å². The first-order valence-electron chi connectivity index (χ1n) is 6.57. The van der Waals surface area contributed by atoms with Crippen LogP contribution in [0.15, 0.2) is 0 Å². The molecule has 0 unspecified atom stereocenters. The largest absolute Gasteiger partial charge is 0.480 e. The van der Waals surface area contributed by atoms with Gasteiger partial charge in [-0.25, -0.2) is 0 Å². The second-order valence-corrected chi connectivity index (χ2v) is 5.54. The van der Waals surface area contributed by atoms with Gasteiger partial charge in [0.25, 0.3) is 0 Å². The van der Waals surface area contributed by atoms with Gasteiger partial charge in [0.2, 0.25) is 0 Å². The third-order valence-electron chi connectivity index (χ3n) is 3.76. The van der Waals surface area contributed by atoms with Crippen LogP contribution in [0.3, 0.4) is 0 Å². The van der Waals surface area contributed by atoms with Crippen molar-refractivity contribution in [3.05, 3.63) is 0 Å². The van der Waals surface area contributed by atoms with Crippen molar-refractivity contribution in [1.82, 2.24) is 9.80 Å². The molecular formula is C13H26N2O2. The molecule has 1 aliphatic carbocycles. The SMILES string of the molecule is CC(C)N(CC(=O)O)[C@H]1CCCC[C@@H]1N(C)C. The summed E-state index contributed by atoms with van der Waals surface area (Å²) in [4.78, 5) is 15.4. The molecule has 0 radical (unpaired) electrons. The molecule has 0 aromatic carbocycles. The second-order valence-electron chi connectivity index (χ2n) is 5.54. The summed E-state index contributed by atoms with van der Waals surface area (Å²) in [5.41, 5.74) is 0. The highest BCUT2D eigenvalue weighted by Crippen LogP contribution is 2.27. The summed E-state index contributed by atoms with van der Waals surface area (Å²) in [5.74, 6) is -0.721. The van der Waals surface area contributed by atoms with E-state index >= 15 is 0 Å². The first-order valence-corrected chi connectivity index (χ1v) is 6.57. The van der Waals surface area contributed by atoms with Crippen LogP contribution in [-0.4, -0.2) is 59.6 Å². The summed E-state index contributed by atoms with van der Waals surface area (Å²) in [6.45, 7) is 4.33. The van der Waals surface area contributed by atoms with Crippen LogP contribution in [0.4, 0.5) is 0 Å². The summed E-state index contributed by atoms with van der Waals surface area (Å²) in [6.07, 6.45) is 4.78. The molecule has 4 heteroatoms. The van der Waals surface area contributed by atoms with Gasteiger partial charge in [0.1, 0.15) is 0 Å². The third-order valence-corrected chi connectivity index (χ3v) is 3.76. The molecular weight excluding hydrogens is 216 g/mol. The Labute approximate surface area is 105 Å². The average molecular weight is 242 g/mol. The van der Waals surface area contributed by atoms with Gasteiger partial charge in [-0.3, -0.25) is 9.69 Å². The molecule has 17 heavy (non-hydrogen) atoms. The zero-order valence-electron chi connectivity index (χ0n) is 11.5. The standard InChI is InChI=1S/C13H26N2O2/c1-10(2)15(9-13(16)17)12-8-6-5-7-11(12)14(3)4/h10-12H,5-9H2,1-4H3,(H,16,17)/t11-,12-/m0/s1. The number of carbonyl (C=O) groups is 1. The molecule has 1 N–H and O–H groups in total. The first-order chi connectivity index (χ1) is 7.93. The Kier molecular flexibility index (Phi) is 5.40. The molecule has 1 aliphatic rings. The molecule has 0 bridgehead atoms. The number of nitrogens with zero attached hydrogens (tertiary/aromatic N) is 2. The van der Waals surface area contributed by atoms with Crippen LogP contribution in [0.5, 0.6) is 0 Å². The Morgan fingerprint density at radius 2 is 1.76 bits per heavy atom. The van der Waals surface area contributed by atoms with Gasteiger partial charge >= 0.3 is 5.97 Å². The molecule has 2 atom stereocenters. The number of carboxylic acid groups (broad SMARTS) is 1. The van der Waals surface area contributed by atoms with E-state index in [0.29, 0.717) is 12.1 Å². The average Bonchev–Trinajstić information content (AvgIpc) is 2.25. The Bertz CT molecular complexity index is 254. The molecule has 100 valence electrons. The molecule has 0 saturated heterocycles. The fourth-order valence-electron chi connectivity index (χ4n) is 2.92. The quantitative estimate of drug-likeness (QED) is 0.796. The predicted octanol–water partition coefficient (Wildman–Crippen LogP) is 1.65. The number of hydrogen-bond donors (Lipinski definition) is 1. The summed E-state index contributed by atoms with van der Waals surface area (Å²) < 4.78 is 0. The Hall–Kier alpha value is -0.610. The summed E-state index contributed by atoms with van der Waals surface area (Å²) in [7, 11) is 4.20. The number of carboxylic acids is 1. The van der Waals surface area contributed by atoms with E-state index in [-0.39, 0.29) is 12.6 Å². The first kappa shape index (κ1) is 14.5. The minimum atomic E-state index is -0.721. The van der Waals surface area contributed by atoms with Crippen LogP contribution in [0.25, 0.3) is 0 Å². The number of likely N-dealkylation sites (N-methyl/N-ethyl adjacent to an activating group) is 1. The zero-order chi connectivity index (χ0) is 13.0. The maximum absolute atomic E-state index is 11.0. The predicted molar refractivity (Wildman–Crippen MR) is 69.2 cm³/mol. The van der Waals surface area contributed by atoms with Crippen LogP contribution in [0.2, 0.25) is 0 Å². The highest BCUT2D eigenvalue weighted by molar-refractivity contribution is 5.69.